The summed E-state index contributed by atoms with van der Waals surface area (Å²) in [5, 5.41) is 6.16. The quantitative estimate of drug-likeness (QED) is 0.340. The van der Waals surface area contributed by atoms with Crippen LogP contribution in [0.5, 0.6) is 0 Å². The molecular formula is C21H16N6OS. The largest absolute Gasteiger partial charge is 0.269 e. The molecule has 0 spiro atoms. The summed E-state index contributed by atoms with van der Waals surface area (Å²) in [6, 6.07) is 15.2. The zero-order valence-corrected chi connectivity index (χ0v) is 16.4. The van der Waals surface area contributed by atoms with E-state index in [1.807, 2.05) is 49.4 Å². The Labute approximate surface area is 170 Å². The van der Waals surface area contributed by atoms with Gasteiger partial charge in [-0.15, -0.1) is 0 Å². The number of hydrogen-bond acceptors (Lipinski definition) is 6. The molecule has 4 aromatic heterocycles. The van der Waals surface area contributed by atoms with E-state index in [-0.39, 0.29) is 5.56 Å². The van der Waals surface area contributed by atoms with Crippen molar-refractivity contribution in [1.29, 1.82) is 0 Å². The van der Waals surface area contributed by atoms with Gasteiger partial charge >= 0.3 is 0 Å². The van der Waals surface area contributed by atoms with Crippen molar-refractivity contribution in [3.05, 3.63) is 88.9 Å². The maximum atomic E-state index is 12.4. The summed E-state index contributed by atoms with van der Waals surface area (Å²) in [5.74, 6) is 0.530. The molecule has 0 aliphatic carbocycles. The minimum absolute atomic E-state index is 0.0877. The summed E-state index contributed by atoms with van der Waals surface area (Å²) >= 11 is 1.52. The Balaban J connectivity index is 1.48. The van der Waals surface area contributed by atoms with Gasteiger partial charge < -0.3 is 0 Å². The molecule has 0 saturated heterocycles. The van der Waals surface area contributed by atoms with Crippen molar-refractivity contribution in [2.24, 2.45) is 0 Å². The molecule has 0 N–H and O–H groups in total. The summed E-state index contributed by atoms with van der Waals surface area (Å²) < 4.78 is 3.35. The zero-order valence-electron chi connectivity index (χ0n) is 15.6. The number of pyridine rings is 1. The van der Waals surface area contributed by atoms with E-state index >= 15 is 0 Å². The molecule has 0 fully saturated rings. The summed E-state index contributed by atoms with van der Waals surface area (Å²) in [6.07, 6.45) is 5.07. The average molecular weight is 400 g/mol. The lowest BCUT2D eigenvalue weighted by molar-refractivity contribution is 0.893. The molecule has 0 saturated carbocycles. The monoisotopic (exact) mass is 400 g/mol. The summed E-state index contributed by atoms with van der Waals surface area (Å²) in [5.41, 5.74) is 4.03. The molecule has 5 aromatic rings. The minimum atomic E-state index is -0.0877. The van der Waals surface area contributed by atoms with Crippen molar-refractivity contribution in [3.63, 3.8) is 0 Å². The average Bonchev–Trinajstić information content (AvgIpc) is 3.17. The number of fused-ring (bicyclic) bond motifs is 2. The van der Waals surface area contributed by atoms with Gasteiger partial charge in [-0.2, -0.15) is 5.10 Å². The van der Waals surface area contributed by atoms with Crippen LogP contribution in [0.2, 0.25) is 0 Å². The SMILES string of the molecule is Cc1ccn2c(=O)cc(CSc3ncnc4c3cnn4-c3ccccc3)nc2c1. The Morgan fingerprint density at radius 3 is 2.79 bits per heavy atom. The molecule has 142 valence electrons. The van der Waals surface area contributed by atoms with E-state index in [9.17, 15) is 4.79 Å². The molecular weight excluding hydrogens is 384 g/mol. The lowest BCUT2D eigenvalue weighted by atomic mass is 10.3. The third-order valence-electron chi connectivity index (χ3n) is 4.56. The van der Waals surface area contributed by atoms with E-state index in [4.69, 9.17) is 0 Å². The Morgan fingerprint density at radius 1 is 1.07 bits per heavy atom. The van der Waals surface area contributed by atoms with Gasteiger partial charge in [0.15, 0.2) is 5.65 Å². The van der Waals surface area contributed by atoms with Gasteiger partial charge in [-0.1, -0.05) is 30.0 Å². The molecule has 4 heterocycles. The topological polar surface area (TPSA) is 78.0 Å². The number of aryl methyl sites for hydroxylation is 1. The number of nitrogens with zero attached hydrogens (tertiary/aromatic N) is 6. The molecule has 1 aromatic carbocycles. The highest BCUT2D eigenvalue weighted by molar-refractivity contribution is 7.98. The lowest BCUT2D eigenvalue weighted by Gasteiger charge is -2.06. The van der Waals surface area contributed by atoms with Crippen molar-refractivity contribution in [2.75, 3.05) is 0 Å². The highest BCUT2D eigenvalue weighted by atomic mass is 32.2. The van der Waals surface area contributed by atoms with Crippen molar-refractivity contribution in [2.45, 2.75) is 17.7 Å². The molecule has 0 bridgehead atoms. The van der Waals surface area contributed by atoms with Crippen LogP contribution >= 0.6 is 11.8 Å². The second-order valence-corrected chi connectivity index (χ2v) is 7.58. The smallest absolute Gasteiger partial charge is 0.258 e. The Bertz CT molecular complexity index is 1390. The van der Waals surface area contributed by atoms with Crippen LogP contribution in [0.25, 0.3) is 22.4 Å². The van der Waals surface area contributed by atoms with E-state index in [1.54, 1.807) is 27.5 Å². The number of para-hydroxylation sites is 1. The summed E-state index contributed by atoms with van der Waals surface area (Å²) in [7, 11) is 0. The zero-order chi connectivity index (χ0) is 19.8. The predicted octanol–water partition coefficient (Wildman–Crippen LogP) is 3.42. The minimum Gasteiger partial charge on any atom is -0.269 e. The number of aromatic nitrogens is 6. The molecule has 0 amide bonds. The molecule has 7 nitrogen and oxygen atoms in total. The molecule has 8 heteroatoms. The Kier molecular flexibility index (Phi) is 4.33. The van der Waals surface area contributed by atoms with Crippen LogP contribution < -0.4 is 5.56 Å². The third-order valence-corrected chi connectivity index (χ3v) is 5.60. The van der Waals surface area contributed by atoms with Gasteiger partial charge in [-0.25, -0.2) is 19.6 Å². The molecule has 29 heavy (non-hydrogen) atoms. The fourth-order valence-electron chi connectivity index (χ4n) is 3.17. The third kappa shape index (κ3) is 3.27. The normalized spacial score (nSPS) is 11.3. The predicted molar refractivity (Wildman–Crippen MR) is 112 cm³/mol. The number of thioether (sulfide) groups is 1. The van der Waals surface area contributed by atoms with E-state index < -0.39 is 0 Å². The van der Waals surface area contributed by atoms with Crippen molar-refractivity contribution in [1.82, 2.24) is 29.1 Å². The van der Waals surface area contributed by atoms with Crippen molar-refractivity contribution >= 4 is 28.4 Å². The molecule has 0 aliphatic rings. The van der Waals surface area contributed by atoms with Gasteiger partial charge in [0.25, 0.3) is 5.56 Å². The van der Waals surface area contributed by atoms with Crippen LogP contribution in [0, 0.1) is 6.92 Å². The van der Waals surface area contributed by atoms with Crippen LogP contribution in [0.4, 0.5) is 0 Å². The highest BCUT2D eigenvalue weighted by Crippen LogP contribution is 2.27. The standard InChI is InChI=1S/C21H16N6OS/c1-14-7-8-26-18(9-14)25-15(10-19(26)28)12-29-21-17-11-24-27(20(17)22-13-23-21)16-5-3-2-4-6-16/h2-11,13H,12H2,1H3. The van der Waals surface area contributed by atoms with Gasteiger partial charge in [-0.05, 0) is 36.8 Å². The fraction of sp³-hybridized carbons (Fsp3) is 0.0952. The van der Waals surface area contributed by atoms with E-state index in [2.05, 4.69) is 20.1 Å². The van der Waals surface area contributed by atoms with Crippen molar-refractivity contribution in [3.8, 4) is 5.69 Å². The van der Waals surface area contributed by atoms with E-state index in [0.717, 1.165) is 27.3 Å². The molecule has 0 radical (unpaired) electrons. The van der Waals surface area contributed by atoms with Gasteiger partial charge in [0.05, 0.1) is 23.0 Å². The van der Waals surface area contributed by atoms with Gasteiger partial charge in [0.2, 0.25) is 0 Å². The second-order valence-electron chi connectivity index (χ2n) is 6.61. The summed E-state index contributed by atoms with van der Waals surface area (Å²) in [6.45, 7) is 1.98. The highest BCUT2D eigenvalue weighted by Gasteiger charge is 2.12. The van der Waals surface area contributed by atoms with E-state index in [0.29, 0.717) is 17.1 Å². The fourth-order valence-corrected chi connectivity index (χ4v) is 4.02. The Morgan fingerprint density at radius 2 is 1.93 bits per heavy atom. The summed E-state index contributed by atoms with van der Waals surface area (Å²) in [4.78, 5) is 25.8. The molecule has 0 atom stereocenters. The van der Waals surface area contributed by atoms with Crippen LogP contribution in [0.1, 0.15) is 11.3 Å². The molecule has 0 aliphatic heterocycles. The van der Waals surface area contributed by atoms with E-state index in [1.165, 1.54) is 18.1 Å². The van der Waals surface area contributed by atoms with Gasteiger partial charge in [0, 0.05) is 18.0 Å². The lowest BCUT2D eigenvalue weighted by Crippen LogP contribution is -2.15. The van der Waals surface area contributed by atoms with Gasteiger partial charge in [-0.3, -0.25) is 9.20 Å². The first-order valence-corrected chi connectivity index (χ1v) is 10.0. The Hall–Kier alpha value is -3.52. The maximum absolute atomic E-state index is 12.4. The van der Waals surface area contributed by atoms with Crippen LogP contribution in [0.3, 0.4) is 0 Å². The first-order chi connectivity index (χ1) is 14.2. The first-order valence-electron chi connectivity index (χ1n) is 9.05. The van der Waals surface area contributed by atoms with Crippen LogP contribution in [0.15, 0.2) is 77.1 Å². The molecule has 5 rings (SSSR count). The maximum Gasteiger partial charge on any atom is 0.258 e. The molecule has 0 unspecified atom stereocenters. The van der Waals surface area contributed by atoms with Crippen molar-refractivity contribution < 1.29 is 0 Å². The van der Waals surface area contributed by atoms with Crippen LogP contribution in [-0.4, -0.2) is 29.1 Å². The first kappa shape index (κ1) is 17.6. The number of hydrogen-bond donors (Lipinski definition) is 0. The number of rotatable bonds is 4. The van der Waals surface area contributed by atoms with Crippen LogP contribution in [-0.2, 0) is 5.75 Å². The van der Waals surface area contributed by atoms with Gasteiger partial charge in [0.1, 0.15) is 17.0 Å². The second kappa shape index (κ2) is 7.14. The number of benzene rings is 1.